The predicted molar refractivity (Wildman–Crippen MR) is 113 cm³/mol. The summed E-state index contributed by atoms with van der Waals surface area (Å²) in [6.07, 6.45) is 0.695. The van der Waals surface area contributed by atoms with Crippen LogP contribution in [-0.2, 0) is 4.79 Å². The first-order valence-corrected chi connectivity index (χ1v) is 9.90. The van der Waals surface area contributed by atoms with E-state index in [1.807, 2.05) is 6.92 Å². The number of phenolic OH excluding ortho intramolecular Hbond substituents is 1. The molecule has 1 heterocycles. The lowest BCUT2D eigenvalue weighted by Gasteiger charge is -2.16. The number of rotatable bonds is 5. The summed E-state index contributed by atoms with van der Waals surface area (Å²) in [6, 6.07) is 12.9. The second kappa shape index (κ2) is 8.01. The number of nitrogens with one attached hydrogen (secondary N) is 1. The Bertz CT molecular complexity index is 984. The van der Waals surface area contributed by atoms with Crippen LogP contribution in [0.1, 0.15) is 30.0 Å². The molecule has 0 bridgehead atoms. The molecule has 0 aliphatic heterocycles. The van der Waals surface area contributed by atoms with Crippen LogP contribution in [0.25, 0.3) is 10.9 Å². The fourth-order valence-electron chi connectivity index (χ4n) is 3.11. The molecule has 3 rings (SSSR count). The molecule has 1 amide bonds. The summed E-state index contributed by atoms with van der Waals surface area (Å²) in [4.78, 5) is 17.5. The van der Waals surface area contributed by atoms with E-state index in [-0.39, 0.29) is 16.9 Å². The fraction of sp³-hybridized carbons (Fsp3) is 0.273. The molecule has 0 spiro atoms. The molecule has 0 saturated carbocycles. The number of thioether (sulfide) groups is 1. The molecule has 2 N–H and O–H groups in total. The molecule has 3 aromatic rings. The van der Waals surface area contributed by atoms with Gasteiger partial charge in [0.1, 0.15) is 5.75 Å². The highest BCUT2D eigenvalue weighted by molar-refractivity contribution is 8.00. The van der Waals surface area contributed by atoms with Crippen molar-refractivity contribution in [2.75, 3.05) is 5.32 Å². The van der Waals surface area contributed by atoms with Gasteiger partial charge in [-0.3, -0.25) is 4.79 Å². The van der Waals surface area contributed by atoms with Gasteiger partial charge in [0, 0.05) is 11.1 Å². The standard InChI is InChI=1S/C22H24N2O2S/c1-5-19(22(26)23-16-6-8-17(25)9-7-16)27-20-12-14(3)18-11-13(2)10-15(4)21(18)24-20/h6-12,19,25H,5H2,1-4H3,(H,23,26). The first-order chi connectivity index (χ1) is 12.9. The lowest BCUT2D eigenvalue weighted by Crippen LogP contribution is -2.24. The highest BCUT2D eigenvalue weighted by Crippen LogP contribution is 2.30. The summed E-state index contributed by atoms with van der Waals surface area (Å²) in [5.74, 6) is 0.115. The number of anilines is 1. The Morgan fingerprint density at radius 2 is 1.81 bits per heavy atom. The normalized spacial score (nSPS) is 12.1. The first-order valence-electron chi connectivity index (χ1n) is 9.02. The maximum atomic E-state index is 12.7. The molecule has 1 aromatic heterocycles. The molecule has 0 radical (unpaired) electrons. The number of carbonyl (C=O) groups is 1. The highest BCUT2D eigenvalue weighted by Gasteiger charge is 2.19. The van der Waals surface area contributed by atoms with Gasteiger partial charge in [-0.25, -0.2) is 4.98 Å². The summed E-state index contributed by atoms with van der Waals surface area (Å²) in [6.45, 7) is 8.25. The van der Waals surface area contributed by atoms with Crippen LogP contribution in [0.15, 0.2) is 47.5 Å². The first kappa shape index (κ1) is 19.2. The van der Waals surface area contributed by atoms with Crippen LogP contribution in [0.3, 0.4) is 0 Å². The van der Waals surface area contributed by atoms with Gasteiger partial charge < -0.3 is 10.4 Å². The summed E-state index contributed by atoms with van der Waals surface area (Å²) < 4.78 is 0. The average molecular weight is 381 g/mol. The van der Waals surface area contributed by atoms with Crippen LogP contribution in [0, 0.1) is 20.8 Å². The Kier molecular flexibility index (Phi) is 5.71. The summed E-state index contributed by atoms with van der Waals surface area (Å²) in [7, 11) is 0. The Hall–Kier alpha value is -2.53. The Morgan fingerprint density at radius 1 is 1.11 bits per heavy atom. The van der Waals surface area contributed by atoms with Gasteiger partial charge in [-0.15, -0.1) is 0 Å². The molecule has 4 nitrogen and oxygen atoms in total. The monoisotopic (exact) mass is 380 g/mol. The van der Waals surface area contributed by atoms with E-state index in [2.05, 4.69) is 44.3 Å². The topological polar surface area (TPSA) is 62.2 Å². The van der Waals surface area contributed by atoms with E-state index in [1.165, 1.54) is 28.3 Å². The number of phenols is 1. The van der Waals surface area contributed by atoms with Crippen molar-refractivity contribution in [3.8, 4) is 5.75 Å². The van der Waals surface area contributed by atoms with E-state index in [0.717, 1.165) is 16.1 Å². The molecule has 0 saturated heterocycles. The van der Waals surface area contributed by atoms with Crippen LogP contribution in [0.4, 0.5) is 5.69 Å². The fourth-order valence-corrected chi connectivity index (χ4v) is 4.12. The van der Waals surface area contributed by atoms with Crippen molar-refractivity contribution >= 4 is 34.3 Å². The third kappa shape index (κ3) is 4.42. The maximum absolute atomic E-state index is 12.7. The third-order valence-corrected chi connectivity index (χ3v) is 5.78. The number of aromatic hydroxyl groups is 1. The van der Waals surface area contributed by atoms with E-state index in [1.54, 1.807) is 24.3 Å². The van der Waals surface area contributed by atoms with Gasteiger partial charge in [-0.1, -0.05) is 30.3 Å². The lowest BCUT2D eigenvalue weighted by molar-refractivity contribution is -0.115. The Labute approximate surface area is 164 Å². The number of pyridine rings is 1. The second-order valence-corrected chi connectivity index (χ2v) is 8.03. The Balaban J connectivity index is 1.83. The van der Waals surface area contributed by atoms with E-state index in [4.69, 9.17) is 4.98 Å². The molecular weight excluding hydrogens is 356 g/mol. The van der Waals surface area contributed by atoms with Crippen LogP contribution < -0.4 is 5.32 Å². The quantitative estimate of drug-likeness (QED) is 0.461. The molecule has 0 fully saturated rings. The third-order valence-electron chi connectivity index (χ3n) is 4.49. The number of benzene rings is 2. The van der Waals surface area contributed by atoms with Gasteiger partial charge in [0.2, 0.25) is 5.91 Å². The van der Waals surface area contributed by atoms with Crippen molar-refractivity contribution in [2.24, 2.45) is 0 Å². The number of carbonyl (C=O) groups excluding carboxylic acids is 1. The number of aromatic nitrogens is 1. The van der Waals surface area contributed by atoms with Crippen molar-refractivity contribution in [1.82, 2.24) is 4.98 Å². The molecule has 5 heteroatoms. The smallest absolute Gasteiger partial charge is 0.237 e. The largest absolute Gasteiger partial charge is 0.508 e. The van der Waals surface area contributed by atoms with Gasteiger partial charge in [0.15, 0.2) is 0 Å². The van der Waals surface area contributed by atoms with Crippen LogP contribution in [0.5, 0.6) is 5.75 Å². The molecule has 0 aliphatic rings. The SMILES string of the molecule is CCC(Sc1cc(C)c2cc(C)cc(C)c2n1)C(=O)Nc1ccc(O)cc1. The van der Waals surface area contributed by atoms with Gasteiger partial charge in [0.25, 0.3) is 0 Å². The zero-order valence-corrected chi connectivity index (χ0v) is 16.9. The number of fused-ring (bicyclic) bond motifs is 1. The summed E-state index contributed by atoms with van der Waals surface area (Å²) in [5.41, 5.74) is 5.22. The van der Waals surface area contributed by atoms with Gasteiger partial charge in [-0.05, 0) is 74.7 Å². The molecule has 2 aromatic carbocycles. The Morgan fingerprint density at radius 3 is 2.48 bits per heavy atom. The minimum absolute atomic E-state index is 0.0617. The maximum Gasteiger partial charge on any atom is 0.237 e. The van der Waals surface area contributed by atoms with Crippen molar-refractivity contribution in [3.63, 3.8) is 0 Å². The van der Waals surface area contributed by atoms with Gasteiger partial charge in [-0.2, -0.15) is 0 Å². The van der Waals surface area contributed by atoms with Gasteiger partial charge >= 0.3 is 0 Å². The molecular formula is C22H24N2O2S. The van der Waals surface area contributed by atoms with E-state index >= 15 is 0 Å². The minimum atomic E-state index is -0.242. The van der Waals surface area contributed by atoms with E-state index in [9.17, 15) is 9.90 Å². The van der Waals surface area contributed by atoms with Crippen LogP contribution >= 0.6 is 11.8 Å². The lowest BCUT2D eigenvalue weighted by atomic mass is 10.0. The molecule has 0 aliphatic carbocycles. The number of hydrogen-bond donors (Lipinski definition) is 2. The van der Waals surface area contributed by atoms with Crippen LogP contribution in [0.2, 0.25) is 0 Å². The zero-order valence-electron chi connectivity index (χ0n) is 16.0. The zero-order chi connectivity index (χ0) is 19.6. The van der Waals surface area contributed by atoms with Crippen molar-refractivity contribution in [2.45, 2.75) is 44.4 Å². The van der Waals surface area contributed by atoms with Gasteiger partial charge in [0.05, 0.1) is 15.8 Å². The minimum Gasteiger partial charge on any atom is -0.508 e. The van der Waals surface area contributed by atoms with Crippen molar-refractivity contribution < 1.29 is 9.90 Å². The number of amides is 1. The highest BCUT2D eigenvalue weighted by atomic mass is 32.2. The van der Waals surface area contributed by atoms with E-state index in [0.29, 0.717) is 12.1 Å². The average Bonchev–Trinajstić information content (AvgIpc) is 2.62. The molecule has 1 atom stereocenters. The van der Waals surface area contributed by atoms with Crippen LogP contribution in [-0.4, -0.2) is 21.2 Å². The van der Waals surface area contributed by atoms with E-state index < -0.39 is 0 Å². The number of nitrogens with zero attached hydrogens (tertiary/aromatic N) is 1. The van der Waals surface area contributed by atoms with Crippen molar-refractivity contribution in [3.05, 3.63) is 59.2 Å². The summed E-state index contributed by atoms with van der Waals surface area (Å²) in [5, 5.41) is 14.1. The predicted octanol–water partition coefficient (Wildman–Crippen LogP) is 5.38. The molecule has 1 unspecified atom stereocenters. The summed E-state index contributed by atoms with van der Waals surface area (Å²) >= 11 is 1.49. The number of aryl methyl sites for hydroxylation is 3. The molecule has 27 heavy (non-hydrogen) atoms. The van der Waals surface area contributed by atoms with Crippen molar-refractivity contribution in [1.29, 1.82) is 0 Å². The molecule has 140 valence electrons. The number of hydrogen-bond acceptors (Lipinski definition) is 4. The second-order valence-electron chi connectivity index (χ2n) is 6.81.